The number of halogens is 3. The number of fused-ring (bicyclic) bond motifs is 3. The molecule has 0 amide bonds. The minimum Gasteiger partial charge on any atom is -0.425 e. The molecule has 156 valence electrons. The monoisotopic (exact) mass is 402 g/mol. The highest BCUT2D eigenvalue weighted by Crippen LogP contribution is 2.50. The first kappa shape index (κ1) is 20.3. The molecule has 0 radical (unpaired) electrons. The standard InChI is InChI=1S/C25H29F3O/c1-3-4-5-6-18-11-14-21-20-13-12-19(17-9-7-16(2)8-10-17)15-22(20)25(27,28)29-24(21)23(18)26/h11-17H,3-10H2,1-2H3. The second kappa shape index (κ2) is 8.04. The zero-order valence-electron chi connectivity index (χ0n) is 17.2. The van der Waals surface area contributed by atoms with E-state index >= 15 is 0 Å². The van der Waals surface area contributed by atoms with Gasteiger partial charge in [0.05, 0.1) is 5.56 Å². The van der Waals surface area contributed by atoms with Crippen molar-refractivity contribution in [2.75, 3.05) is 0 Å². The van der Waals surface area contributed by atoms with E-state index in [0.29, 0.717) is 34.9 Å². The van der Waals surface area contributed by atoms with Gasteiger partial charge < -0.3 is 4.74 Å². The fourth-order valence-electron chi connectivity index (χ4n) is 4.74. The zero-order chi connectivity index (χ0) is 20.6. The van der Waals surface area contributed by atoms with Gasteiger partial charge in [-0.2, -0.15) is 8.78 Å². The van der Waals surface area contributed by atoms with Gasteiger partial charge in [-0.25, -0.2) is 4.39 Å². The maximum absolute atomic E-state index is 15.0. The Morgan fingerprint density at radius 2 is 1.72 bits per heavy atom. The first-order valence-corrected chi connectivity index (χ1v) is 10.9. The van der Waals surface area contributed by atoms with Crippen molar-refractivity contribution in [1.82, 2.24) is 0 Å². The molecule has 0 bridgehead atoms. The minimum atomic E-state index is -3.52. The maximum Gasteiger partial charge on any atom is 0.427 e. The average Bonchev–Trinajstić information content (AvgIpc) is 2.71. The van der Waals surface area contributed by atoms with Gasteiger partial charge in [-0.3, -0.25) is 0 Å². The predicted molar refractivity (Wildman–Crippen MR) is 110 cm³/mol. The van der Waals surface area contributed by atoms with Crippen LogP contribution in [-0.4, -0.2) is 0 Å². The SMILES string of the molecule is CCCCCc1ccc2c(c1F)OC(F)(F)c1cc(C3CCC(C)CC3)ccc1-2. The fourth-order valence-corrected chi connectivity index (χ4v) is 4.74. The molecular weight excluding hydrogens is 373 g/mol. The highest BCUT2D eigenvalue weighted by Gasteiger charge is 2.43. The van der Waals surface area contributed by atoms with Crippen molar-refractivity contribution in [3.63, 3.8) is 0 Å². The van der Waals surface area contributed by atoms with Crippen LogP contribution >= 0.6 is 0 Å². The van der Waals surface area contributed by atoms with Crippen LogP contribution in [0.5, 0.6) is 5.75 Å². The third-order valence-electron chi connectivity index (χ3n) is 6.59. The van der Waals surface area contributed by atoms with E-state index in [9.17, 15) is 13.2 Å². The highest BCUT2D eigenvalue weighted by molar-refractivity contribution is 5.77. The number of aryl methyl sites for hydroxylation is 1. The summed E-state index contributed by atoms with van der Waals surface area (Å²) >= 11 is 0. The molecule has 1 nitrogen and oxygen atoms in total. The topological polar surface area (TPSA) is 9.23 Å². The number of hydrogen-bond acceptors (Lipinski definition) is 1. The Kier molecular flexibility index (Phi) is 5.63. The fraction of sp³-hybridized carbons (Fsp3) is 0.520. The number of unbranched alkanes of at least 4 members (excludes halogenated alkanes) is 2. The van der Waals surface area contributed by atoms with Gasteiger partial charge in [-0.15, -0.1) is 0 Å². The van der Waals surface area contributed by atoms with Crippen molar-refractivity contribution in [1.29, 1.82) is 0 Å². The van der Waals surface area contributed by atoms with Gasteiger partial charge in [0.2, 0.25) is 0 Å². The molecule has 1 aliphatic carbocycles. The summed E-state index contributed by atoms with van der Waals surface area (Å²) in [5.74, 6) is 0.0615. The van der Waals surface area contributed by atoms with Gasteiger partial charge in [0.1, 0.15) is 0 Å². The predicted octanol–water partition coefficient (Wildman–Crippen LogP) is 7.96. The molecular formula is C25H29F3O. The van der Waals surface area contributed by atoms with Crippen LogP contribution < -0.4 is 4.74 Å². The molecule has 0 spiro atoms. The molecule has 0 N–H and O–H groups in total. The van der Waals surface area contributed by atoms with E-state index in [1.54, 1.807) is 24.3 Å². The van der Waals surface area contributed by atoms with Crippen LogP contribution in [0.3, 0.4) is 0 Å². The van der Waals surface area contributed by atoms with Crippen molar-refractivity contribution in [2.45, 2.75) is 77.2 Å². The van der Waals surface area contributed by atoms with Gasteiger partial charge in [-0.1, -0.05) is 63.8 Å². The molecule has 1 saturated carbocycles. The summed E-state index contributed by atoms with van der Waals surface area (Å²) in [5, 5.41) is 0. The normalized spacial score (nSPS) is 22.5. The van der Waals surface area contributed by atoms with Crippen molar-refractivity contribution in [3.8, 4) is 16.9 Å². The van der Waals surface area contributed by atoms with Crippen LogP contribution in [0.1, 0.15) is 81.4 Å². The van der Waals surface area contributed by atoms with Crippen LogP contribution in [0.15, 0.2) is 30.3 Å². The molecule has 1 heterocycles. The molecule has 2 aliphatic rings. The molecule has 0 unspecified atom stereocenters. The number of rotatable bonds is 5. The summed E-state index contributed by atoms with van der Waals surface area (Å²) < 4.78 is 49.8. The maximum atomic E-state index is 15.0. The average molecular weight is 403 g/mol. The number of benzene rings is 2. The quantitative estimate of drug-likeness (QED) is 0.461. The molecule has 2 aromatic carbocycles. The van der Waals surface area contributed by atoms with Gasteiger partial charge in [0.15, 0.2) is 11.6 Å². The third-order valence-corrected chi connectivity index (χ3v) is 6.59. The Morgan fingerprint density at radius 1 is 1.00 bits per heavy atom. The van der Waals surface area contributed by atoms with E-state index in [1.165, 1.54) is 0 Å². The van der Waals surface area contributed by atoms with Crippen LogP contribution in [0, 0.1) is 11.7 Å². The second-order valence-electron chi connectivity index (χ2n) is 8.75. The molecule has 1 fully saturated rings. The van der Waals surface area contributed by atoms with E-state index in [2.05, 4.69) is 13.8 Å². The molecule has 0 saturated heterocycles. The second-order valence-corrected chi connectivity index (χ2v) is 8.75. The summed E-state index contributed by atoms with van der Waals surface area (Å²) in [6.07, 6.45) is 4.17. The summed E-state index contributed by atoms with van der Waals surface area (Å²) in [7, 11) is 0. The molecule has 1 aliphatic heterocycles. The molecule has 4 rings (SSSR count). The minimum absolute atomic E-state index is 0.140. The third kappa shape index (κ3) is 3.91. The van der Waals surface area contributed by atoms with Gasteiger partial charge >= 0.3 is 6.11 Å². The van der Waals surface area contributed by atoms with Crippen LogP contribution in [0.2, 0.25) is 0 Å². The summed E-state index contributed by atoms with van der Waals surface area (Å²) in [6.45, 7) is 4.32. The van der Waals surface area contributed by atoms with E-state index in [4.69, 9.17) is 4.74 Å². The van der Waals surface area contributed by atoms with E-state index in [0.717, 1.165) is 50.5 Å². The Morgan fingerprint density at radius 3 is 2.45 bits per heavy atom. The van der Waals surface area contributed by atoms with Gasteiger partial charge in [0.25, 0.3) is 0 Å². The van der Waals surface area contributed by atoms with Crippen LogP contribution in [0.25, 0.3) is 11.1 Å². The van der Waals surface area contributed by atoms with Crippen molar-refractivity contribution in [3.05, 3.63) is 52.8 Å². The Bertz CT molecular complexity index is 882. The zero-order valence-corrected chi connectivity index (χ0v) is 17.2. The summed E-state index contributed by atoms with van der Waals surface area (Å²) in [5.41, 5.74) is 2.05. The van der Waals surface area contributed by atoms with Crippen molar-refractivity contribution >= 4 is 0 Å². The number of ether oxygens (including phenoxy) is 1. The summed E-state index contributed by atoms with van der Waals surface area (Å²) in [6, 6.07) is 8.71. The first-order valence-electron chi connectivity index (χ1n) is 10.9. The van der Waals surface area contributed by atoms with Gasteiger partial charge in [-0.05, 0) is 60.3 Å². The lowest BCUT2D eigenvalue weighted by molar-refractivity contribution is -0.188. The largest absolute Gasteiger partial charge is 0.427 e. The Balaban J connectivity index is 1.69. The highest BCUT2D eigenvalue weighted by atomic mass is 19.3. The molecule has 0 aromatic heterocycles. The summed E-state index contributed by atoms with van der Waals surface area (Å²) in [4.78, 5) is 0. The smallest absolute Gasteiger partial charge is 0.425 e. The first-order chi connectivity index (χ1) is 13.9. The lowest BCUT2D eigenvalue weighted by Crippen LogP contribution is -2.27. The molecule has 0 atom stereocenters. The van der Waals surface area contributed by atoms with Crippen molar-refractivity contribution < 1.29 is 17.9 Å². The number of hydrogen-bond donors (Lipinski definition) is 0. The Hall–Kier alpha value is -1.97. The van der Waals surface area contributed by atoms with E-state index in [1.807, 2.05) is 6.07 Å². The number of alkyl halides is 2. The molecule has 2 aromatic rings. The van der Waals surface area contributed by atoms with Crippen LogP contribution in [0.4, 0.5) is 13.2 Å². The Labute approximate surface area is 171 Å². The van der Waals surface area contributed by atoms with E-state index in [-0.39, 0.29) is 11.3 Å². The van der Waals surface area contributed by atoms with Gasteiger partial charge in [0, 0.05) is 5.56 Å². The molecule has 4 heteroatoms. The van der Waals surface area contributed by atoms with E-state index < -0.39 is 11.9 Å². The molecule has 29 heavy (non-hydrogen) atoms. The lowest BCUT2D eigenvalue weighted by Gasteiger charge is -2.31. The van der Waals surface area contributed by atoms with Crippen molar-refractivity contribution in [2.24, 2.45) is 5.92 Å². The van der Waals surface area contributed by atoms with Crippen LogP contribution in [-0.2, 0) is 12.5 Å². The lowest BCUT2D eigenvalue weighted by atomic mass is 9.78.